The van der Waals surface area contributed by atoms with Gasteiger partial charge in [-0.1, -0.05) is 44.9 Å². The Morgan fingerprint density at radius 3 is 2.33 bits per heavy atom. The van der Waals surface area contributed by atoms with Crippen LogP contribution in [0.5, 0.6) is 0 Å². The second kappa shape index (κ2) is 4.63. The molecule has 0 aromatic rings. The van der Waals surface area contributed by atoms with Crippen LogP contribution < -0.4 is 0 Å². The molecular formula is C10H20OSi. The second-order valence-corrected chi connectivity index (χ2v) is 9.25. The first-order chi connectivity index (χ1) is 5.37. The molecule has 1 atom stereocenters. The highest BCUT2D eigenvalue weighted by Crippen LogP contribution is 2.08. The van der Waals surface area contributed by atoms with E-state index in [1.807, 2.05) is 13.0 Å². The van der Waals surface area contributed by atoms with Crippen LogP contribution in [0.25, 0.3) is 0 Å². The zero-order valence-corrected chi connectivity index (χ0v) is 9.59. The zero-order valence-electron chi connectivity index (χ0n) is 8.59. The van der Waals surface area contributed by atoms with Crippen molar-refractivity contribution in [2.45, 2.75) is 39.1 Å². The summed E-state index contributed by atoms with van der Waals surface area (Å²) >= 11 is 0. The lowest BCUT2D eigenvalue weighted by atomic mass is 10.1. The summed E-state index contributed by atoms with van der Waals surface area (Å²) in [6.07, 6.45) is 2.27. The third-order valence-electron chi connectivity index (χ3n) is 1.65. The van der Waals surface area contributed by atoms with Gasteiger partial charge in [-0.05, 0) is 12.0 Å². The number of rotatable bonds is 4. The zero-order chi connectivity index (χ0) is 9.78. The van der Waals surface area contributed by atoms with E-state index < -0.39 is 14.2 Å². The topological polar surface area (TPSA) is 20.2 Å². The summed E-state index contributed by atoms with van der Waals surface area (Å²) in [6, 6.07) is 0. The molecule has 0 aliphatic carbocycles. The van der Waals surface area contributed by atoms with Gasteiger partial charge in [0, 0.05) is 0 Å². The number of hydrogen-bond donors (Lipinski definition) is 1. The Hall–Kier alpha value is -0.343. The van der Waals surface area contributed by atoms with Crippen molar-refractivity contribution in [3.05, 3.63) is 23.9 Å². The molecule has 0 rings (SSSR count). The van der Waals surface area contributed by atoms with E-state index in [2.05, 4.69) is 31.9 Å². The molecule has 1 N–H and O–H groups in total. The molecule has 0 saturated heterocycles. The lowest BCUT2D eigenvalue weighted by Gasteiger charge is -2.11. The fourth-order valence-electron chi connectivity index (χ4n) is 0.725. The molecule has 0 radical (unpaired) electrons. The number of aliphatic hydroxyl groups is 1. The third-order valence-corrected chi connectivity index (χ3v) is 2.84. The van der Waals surface area contributed by atoms with E-state index in [1.165, 1.54) is 0 Å². The van der Waals surface area contributed by atoms with Crippen molar-refractivity contribution in [1.82, 2.24) is 0 Å². The minimum absolute atomic E-state index is 0.443. The summed E-state index contributed by atoms with van der Waals surface area (Å²) in [6.45, 7) is 12.5. The maximum atomic E-state index is 9.52. The maximum absolute atomic E-state index is 9.52. The van der Waals surface area contributed by atoms with E-state index in [0.29, 0.717) is 0 Å². The molecule has 0 aliphatic rings. The first-order valence-corrected chi connectivity index (χ1v) is 7.99. The van der Waals surface area contributed by atoms with Gasteiger partial charge in [0.2, 0.25) is 0 Å². The molecule has 0 heterocycles. The van der Waals surface area contributed by atoms with Gasteiger partial charge < -0.3 is 5.11 Å². The van der Waals surface area contributed by atoms with Crippen LogP contribution >= 0.6 is 0 Å². The smallest absolute Gasteiger partial charge is 0.0925 e. The van der Waals surface area contributed by atoms with Crippen molar-refractivity contribution < 1.29 is 5.11 Å². The van der Waals surface area contributed by atoms with Crippen LogP contribution in [0.1, 0.15) is 13.3 Å². The van der Waals surface area contributed by atoms with Gasteiger partial charge in [0.15, 0.2) is 0 Å². The van der Waals surface area contributed by atoms with Gasteiger partial charge >= 0.3 is 0 Å². The highest BCUT2D eigenvalue weighted by Gasteiger charge is 2.09. The molecule has 1 unspecified atom stereocenters. The molecule has 0 aromatic carbocycles. The molecule has 70 valence electrons. The normalized spacial score (nSPS) is 15.1. The summed E-state index contributed by atoms with van der Waals surface area (Å²) in [4.78, 5) is 0. The SMILES string of the molecule is C=C(CC)C(O)/C=C/[Si](C)(C)C. The molecule has 2 heteroatoms. The minimum Gasteiger partial charge on any atom is -0.385 e. The molecule has 0 aromatic heterocycles. The van der Waals surface area contributed by atoms with E-state index >= 15 is 0 Å². The van der Waals surface area contributed by atoms with Gasteiger partial charge in [0.1, 0.15) is 0 Å². The summed E-state index contributed by atoms with van der Waals surface area (Å²) in [5.41, 5.74) is 3.04. The summed E-state index contributed by atoms with van der Waals surface area (Å²) < 4.78 is 0. The highest BCUT2D eigenvalue weighted by molar-refractivity contribution is 6.80. The van der Waals surface area contributed by atoms with Crippen molar-refractivity contribution in [3.63, 3.8) is 0 Å². The van der Waals surface area contributed by atoms with Gasteiger partial charge in [-0.25, -0.2) is 0 Å². The molecule has 1 nitrogen and oxygen atoms in total. The Labute approximate surface area is 76.8 Å². The maximum Gasteiger partial charge on any atom is 0.0925 e. The van der Waals surface area contributed by atoms with Gasteiger partial charge in [-0.15, -0.1) is 0 Å². The predicted molar refractivity (Wildman–Crippen MR) is 57.9 cm³/mol. The molecular weight excluding hydrogens is 164 g/mol. The average Bonchev–Trinajstić information content (AvgIpc) is 1.97. The average molecular weight is 184 g/mol. The van der Waals surface area contributed by atoms with Crippen LogP contribution in [0.2, 0.25) is 19.6 Å². The Bertz CT molecular complexity index is 177. The Morgan fingerprint density at radius 2 is 2.00 bits per heavy atom. The van der Waals surface area contributed by atoms with Crippen LogP contribution in [0, 0.1) is 0 Å². The lowest BCUT2D eigenvalue weighted by molar-refractivity contribution is 0.256. The van der Waals surface area contributed by atoms with Gasteiger partial charge in [-0.3, -0.25) is 0 Å². The molecule has 0 saturated carbocycles. The summed E-state index contributed by atoms with van der Waals surface area (Å²) in [7, 11) is -1.16. The fourth-order valence-corrected chi connectivity index (χ4v) is 1.48. The van der Waals surface area contributed by atoms with Crippen LogP contribution in [0.15, 0.2) is 23.9 Å². The van der Waals surface area contributed by atoms with E-state index in [1.54, 1.807) is 0 Å². The van der Waals surface area contributed by atoms with Gasteiger partial charge in [-0.2, -0.15) is 0 Å². The first-order valence-electron chi connectivity index (χ1n) is 4.42. The van der Waals surface area contributed by atoms with E-state index in [4.69, 9.17) is 0 Å². The van der Waals surface area contributed by atoms with E-state index in [9.17, 15) is 5.11 Å². The second-order valence-electron chi connectivity index (χ2n) is 4.18. The van der Waals surface area contributed by atoms with Crippen molar-refractivity contribution >= 4 is 8.07 Å². The molecule has 0 aliphatic heterocycles. The Morgan fingerprint density at radius 1 is 1.50 bits per heavy atom. The minimum atomic E-state index is -1.16. The van der Waals surface area contributed by atoms with Gasteiger partial charge in [0.25, 0.3) is 0 Å². The first kappa shape index (κ1) is 11.7. The van der Waals surface area contributed by atoms with Crippen LogP contribution in [-0.2, 0) is 0 Å². The number of aliphatic hydroxyl groups excluding tert-OH is 1. The van der Waals surface area contributed by atoms with Crippen molar-refractivity contribution in [2.24, 2.45) is 0 Å². The van der Waals surface area contributed by atoms with Crippen LogP contribution in [0.4, 0.5) is 0 Å². The highest BCUT2D eigenvalue weighted by atomic mass is 28.3. The standard InChI is InChI=1S/C10H20OSi/c1-6-9(2)10(11)7-8-12(3,4)5/h7-8,10-11H,2,6H2,1,3-5H3/b8-7+. The van der Waals surface area contributed by atoms with Gasteiger partial charge in [0.05, 0.1) is 14.2 Å². The Kier molecular flexibility index (Phi) is 4.49. The molecule has 0 fully saturated rings. The molecule has 0 amide bonds. The molecule has 0 spiro atoms. The number of hydrogen-bond acceptors (Lipinski definition) is 1. The largest absolute Gasteiger partial charge is 0.385 e. The molecule has 12 heavy (non-hydrogen) atoms. The van der Waals surface area contributed by atoms with Crippen molar-refractivity contribution in [3.8, 4) is 0 Å². The van der Waals surface area contributed by atoms with E-state index in [-0.39, 0.29) is 0 Å². The predicted octanol–water partition coefficient (Wildman–Crippen LogP) is 2.75. The molecule has 0 bridgehead atoms. The van der Waals surface area contributed by atoms with E-state index in [0.717, 1.165) is 12.0 Å². The fraction of sp³-hybridized carbons (Fsp3) is 0.600. The quantitative estimate of drug-likeness (QED) is 0.526. The lowest BCUT2D eigenvalue weighted by Crippen LogP contribution is -2.17. The van der Waals surface area contributed by atoms with Crippen molar-refractivity contribution in [2.75, 3.05) is 0 Å². The van der Waals surface area contributed by atoms with Crippen LogP contribution in [0.3, 0.4) is 0 Å². The monoisotopic (exact) mass is 184 g/mol. The summed E-state index contributed by atoms with van der Waals surface area (Å²) in [5, 5.41) is 9.52. The van der Waals surface area contributed by atoms with Crippen LogP contribution in [-0.4, -0.2) is 19.3 Å². The Balaban J connectivity index is 4.09. The summed E-state index contributed by atoms with van der Waals surface area (Å²) in [5.74, 6) is 0. The van der Waals surface area contributed by atoms with Crippen molar-refractivity contribution in [1.29, 1.82) is 0 Å². The third kappa shape index (κ3) is 5.33.